The highest BCUT2D eigenvalue weighted by Gasteiger charge is 2.33. The van der Waals surface area contributed by atoms with E-state index in [4.69, 9.17) is 0 Å². The van der Waals surface area contributed by atoms with Crippen molar-refractivity contribution >= 4 is 27.5 Å². The molecule has 0 aliphatic carbocycles. The van der Waals surface area contributed by atoms with Gasteiger partial charge in [-0.05, 0) is 63.3 Å². The smallest absolute Gasteiger partial charge is 0.244 e. The normalized spacial score (nSPS) is 12.8. The predicted molar refractivity (Wildman–Crippen MR) is 146 cm³/mol. The number of carbonyl (C=O) groups is 2. The highest BCUT2D eigenvalue weighted by Crippen LogP contribution is 2.23. The Bertz CT molecular complexity index is 1130. The Morgan fingerprint density at radius 3 is 1.97 bits per heavy atom. The Balaban J connectivity index is 2.44. The van der Waals surface area contributed by atoms with Crippen molar-refractivity contribution in [2.45, 2.75) is 78.9 Å². The highest BCUT2D eigenvalue weighted by atomic mass is 32.2. The summed E-state index contributed by atoms with van der Waals surface area (Å²) in [5, 5.41) is 2.97. The largest absolute Gasteiger partial charge is 0.350 e. The standard InChI is InChI=1S/C28H41N3O4S/c1-9-25(27(33)29-28(5,6)7)30(18-22-12-10-21(4)11-13-22)26(32)19-31(36(8,34)35)24-16-14-23(15-17-24)20(2)3/h10-17,20,25H,9,18-19H2,1-8H3,(H,29,33)/t25-/m1/s1. The Kier molecular flexibility index (Phi) is 9.71. The fourth-order valence-electron chi connectivity index (χ4n) is 3.90. The summed E-state index contributed by atoms with van der Waals surface area (Å²) < 4.78 is 26.6. The molecule has 2 amide bonds. The van der Waals surface area contributed by atoms with Gasteiger partial charge in [-0.2, -0.15) is 0 Å². The third-order valence-electron chi connectivity index (χ3n) is 5.88. The zero-order valence-electron chi connectivity index (χ0n) is 22.8. The fourth-order valence-corrected chi connectivity index (χ4v) is 4.75. The van der Waals surface area contributed by atoms with E-state index in [-0.39, 0.29) is 12.5 Å². The van der Waals surface area contributed by atoms with Gasteiger partial charge in [-0.1, -0.05) is 62.7 Å². The van der Waals surface area contributed by atoms with Crippen LogP contribution in [0.25, 0.3) is 0 Å². The van der Waals surface area contributed by atoms with E-state index in [2.05, 4.69) is 19.2 Å². The van der Waals surface area contributed by atoms with Crippen molar-refractivity contribution in [1.29, 1.82) is 0 Å². The molecule has 2 aromatic carbocycles. The van der Waals surface area contributed by atoms with Crippen molar-refractivity contribution in [3.63, 3.8) is 0 Å². The van der Waals surface area contributed by atoms with Crippen LogP contribution in [0.4, 0.5) is 5.69 Å². The van der Waals surface area contributed by atoms with Crippen LogP contribution in [-0.2, 0) is 26.2 Å². The molecular formula is C28H41N3O4S. The van der Waals surface area contributed by atoms with Gasteiger partial charge < -0.3 is 10.2 Å². The first-order valence-corrected chi connectivity index (χ1v) is 14.2. The lowest BCUT2D eigenvalue weighted by Gasteiger charge is -2.34. The third-order valence-corrected chi connectivity index (χ3v) is 7.03. The number of carbonyl (C=O) groups excluding carboxylic acids is 2. The average Bonchev–Trinajstić information content (AvgIpc) is 2.76. The summed E-state index contributed by atoms with van der Waals surface area (Å²) in [7, 11) is -3.75. The van der Waals surface area contributed by atoms with Crippen LogP contribution in [0, 0.1) is 6.92 Å². The third kappa shape index (κ3) is 8.36. The van der Waals surface area contributed by atoms with E-state index < -0.39 is 34.1 Å². The Labute approximate surface area is 216 Å². The van der Waals surface area contributed by atoms with Crippen molar-refractivity contribution in [2.75, 3.05) is 17.1 Å². The maximum Gasteiger partial charge on any atom is 0.244 e. The number of sulfonamides is 1. The molecule has 0 saturated carbocycles. The topological polar surface area (TPSA) is 86.8 Å². The van der Waals surface area contributed by atoms with Gasteiger partial charge in [0.25, 0.3) is 0 Å². The number of amides is 2. The van der Waals surface area contributed by atoms with Crippen LogP contribution in [0.2, 0.25) is 0 Å². The van der Waals surface area contributed by atoms with Gasteiger partial charge in [0.2, 0.25) is 21.8 Å². The SMILES string of the molecule is CC[C@H](C(=O)NC(C)(C)C)N(Cc1ccc(C)cc1)C(=O)CN(c1ccc(C(C)C)cc1)S(C)(=O)=O. The first-order chi connectivity index (χ1) is 16.6. The molecule has 2 aromatic rings. The fraction of sp³-hybridized carbons (Fsp3) is 0.500. The molecule has 0 aromatic heterocycles. The van der Waals surface area contributed by atoms with Gasteiger partial charge in [0, 0.05) is 12.1 Å². The molecule has 0 spiro atoms. The summed E-state index contributed by atoms with van der Waals surface area (Å²) in [6.07, 6.45) is 1.48. The molecule has 0 saturated heterocycles. The molecule has 2 rings (SSSR count). The molecule has 36 heavy (non-hydrogen) atoms. The Morgan fingerprint density at radius 1 is 0.972 bits per heavy atom. The van der Waals surface area contributed by atoms with Crippen LogP contribution in [0.3, 0.4) is 0 Å². The Morgan fingerprint density at radius 2 is 1.53 bits per heavy atom. The van der Waals surface area contributed by atoms with E-state index in [9.17, 15) is 18.0 Å². The van der Waals surface area contributed by atoms with Crippen molar-refractivity contribution in [3.8, 4) is 0 Å². The summed E-state index contributed by atoms with van der Waals surface area (Å²) in [6.45, 7) is 13.4. The van der Waals surface area contributed by atoms with Crippen LogP contribution in [-0.4, -0.2) is 49.5 Å². The van der Waals surface area contributed by atoms with Gasteiger partial charge in [-0.15, -0.1) is 0 Å². The first kappa shape index (κ1) is 29.4. The molecule has 8 heteroatoms. The number of benzene rings is 2. The van der Waals surface area contributed by atoms with Crippen LogP contribution in [0.15, 0.2) is 48.5 Å². The molecule has 7 nitrogen and oxygen atoms in total. The number of hydrogen-bond donors (Lipinski definition) is 1. The summed E-state index contributed by atoms with van der Waals surface area (Å²) >= 11 is 0. The lowest BCUT2D eigenvalue weighted by atomic mass is 10.0. The molecule has 1 atom stereocenters. The highest BCUT2D eigenvalue weighted by molar-refractivity contribution is 7.92. The predicted octanol–water partition coefficient (Wildman–Crippen LogP) is 4.61. The van der Waals surface area contributed by atoms with E-state index in [0.717, 1.165) is 27.3 Å². The van der Waals surface area contributed by atoms with Gasteiger partial charge in [0.1, 0.15) is 12.6 Å². The maximum absolute atomic E-state index is 13.7. The summed E-state index contributed by atoms with van der Waals surface area (Å²) in [6, 6.07) is 14.2. The quantitative estimate of drug-likeness (QED) is 0.501. The maximum atomic E-state index is 13.7. The molecule has 1 N–H and O–H groups in total. The summed E-state index contributed by atoms with van der Waals surface area (Å²) in [5.41, 5.74) is 2.97. The van der Waals surface area contributed by atoms with Gasteiger partial charge in [-0.25, -0.2) is 8.42 Å². The minimum Gasteiger partial charge on any atom is -0.350 e. The van der Waals surface area contributed by atoms with Gasteiger partial charge in [-0.3, -0.25) is 13.9 Å². The second-order valence-electron chi connectivity index (χ2n) is 10.7. The molecule has 198 valence electrons. The summed E-state index contributed by atoms with van der Waals surface area (Å²) in [5.74, 6) is -0.411. The van der Waals surface area contributed by atoms with E-state index in [1.165, 1.54) is 4.90 Å². The lowest BCUT2D eigenvalue weighted by Crippen LogP contribution is -2.55. The number of rotatable bonds is 10. The molecule has 0 aliphatic rings. The van der Waals surface area contributed by atoms with E-state index in [1.807, 2.05) is 71.0 Å². The minimum atomic E-state index is -3.75. The minimum absolute atomic E-state index is 0.194. The van der Waals surface area contributed by atoms with Crippen molar-refractivity contribution in [1.82, 2.24) is 10.2 Å². The monoisotopic (exact) mass is 515 g/mol. The number of aryl methyl sites for hydroxylation is 1. The molecule has 0 aliphatic heterocycles. The van der Waals surface area contributed by atoms with Gasteiger partial charge in [0.15, 0.2) is 0 Å². The van der Waals surface area contributed by atoms with E-state index in [1.54, 1.807) is 12.1 Å². The number of hydrogen-bond acceptors (Lipinski definition) is 4. The summed E-state index contributed by atoms with van der Waals surface area (Å²) in [4.78, 5) is 28.4. The lowest BCUT2D eigenvalue weighted by molar-refractivity contribution is -0.141. The van der Waals surface area contributed by atoms with E-state index in [0.29, 0.717) is 18.0 Å². The molecule has 0 unspecified atom stereocenters. The second kappa shape index (κ2) is 11.9. The van der Waals surface area contributed by atoms with Crippen LogP contribution >= 0.6 is 0 Å². The molecule has 0 heterocycles. The molecular weight excluding hydrogens is 474 g/mol. The number of anilines is 1. The number of nitrogens with zero attached hydrogens (tertiary/aromatic N) is 2. The Hall–Kier alpha value is -2.87. The van der Waals surface area contributed by atoms with Crippen LogP contribution < -0.4 is 9.62 Å². The van der Waals surface area contributed by atoms with Gasteiger partial charge in [0.05, 0.1) is 11.9 Å². The van der Waals surface area contributed by atoms with Crippen LogP contribution in [0.1, 0.15) is 70.6 Å². The second-order valence-corrected chi connectivity index (χ2v) is 12.6. The molecule has 0 fully saturated rings. The zero-order valence-corrected chi connectivity index (χ0v) is 23.6. The average molecular weight is 516 g/mol. The van der Waals surface area contributed by atoms with Crippen LogP contribution in [0.5, 0.6) is 0 Å². The first-order valence-electron chi connectivity index (χ1n) is 12.4. The van der Waals surface area contributed by atoms with Gasteiger partial charge >= 0.3 is 0 Å². The molecule has 0 radical (unpaired) electrons. The van der Waals surface area contributed by atoms with Crippen molar-refractivity contribution in [3.05, 3.63) is 65.2 Å². The van der Waals surface area contributed by atoms with E-state index >= 15 is 0 Å². The molecule has 0 bridgehead atoms. The van der Waals surface area contributed by atoms with Crippen molar-refractivity contribution in [2.24, 2.45) is 0 Å². The number of nitrogens with one attached hydrogen (secondary N) is 1. The zero-order chi connectivity index (χ0) is 27.3. The van der Waals surface area contributed by atoms with Crippen molar-refractivity contribution < 1.29 is 18.0 Å².